The number of nitriles is 1. The third-order valence-corrected chi connectivity index (χ3v) is 11.4. The maximum Gasteiger partial charge on any atom is 0.319 e. The molecule has 4 saturated heterocycles. The number of nitrogen functional groups attached to an aromatic ring is 1. The molecule has 13 heteroatoms. The summed E-state index contributed by atoms with van der Waals surface area (Å²) < 4.78 is 64.8. The van der Waals surface area contributed by atoms with Crippen molar-refractivity contribution in [2.75, 3.05) is 57.0 Å². The van der Waals surface area contributed by atoms with Gasteiger partial charge in [-0.25, -0.2) is 13.2 Å². The first-order chi connectivity index (χ1) is 23.2. The monoisotopic (exact) mass is 659 g/mol. The van der Waals surface area contributed by atoms with E-state index < -0.39 is 23.3 Å². The van der Waals surface area contributed by atoms with Gasteiger partial charge in [0, 0.05) is 37.7 Å². The highest BCUT2D eigenvalue weighted by Crippen LogP contribution is 2.48. The molecule has 48 heavy (non-hydrogen) atoms. The van der Waals surface area contributed by atoms with Crippen LogP contribution in [0.1, 0.15) is 48.8 Å². The third-order valence-electron chi connectivity index (χ3n) is 11.4. The van der Waals surface area contributed by atoms with Gasteiger partial charge in [0.1, 0.15) is 35.7 Å². The molecule has 0 spiro atoms. The molecule has 4 aromatic rings. The van der Waals surface area contributed by atoms with Crippen LogP contribution in [0.3, 0.4) is 0 Å². The lowest BCUT2D eigenvalue weighted by Gasteiger charge is -2.33. The lowest BCUT2D eigenvalue weighted by molar-refractivity contribution is 0.107. The summed E-state index contributed by atoms with van der Waals surface area (Å²) in [5.41, 5.74) is 7.08. The lowest BCUT2D eigenvalue weighted by atomic mass is 9.90. The predicted molar refractivity (Wildman–Crippen MR) is 172 cm³/mol. The fraction of sp³-hybridized carbons (Fsp3) is 0.514. The van der Waals surface area contributed by atoms with Crippen molar-refractivity contribution in [2.24, 2.45) is 5.92 Å². The van der Waals surface area contributed by atoms with E-state index in [9.17, 15) is 14.0 Å². The van der Waals surface area contributed by atoms with Gasteiger partial charge in [0.2, 0.25) is 5.88 Å². The highest BCUT2D eigenvalue weighted by atomic mass is 19.1. The molecule has 2 aromatic heterocycles. The first-order valence-electron chi connectivity index (χ1n) is 16.8. The van der Waals surface area contributed by atoms with Crippen molar-refractivity contribution in [1.82, 2.24) is 19.8 Å². The molecule has 7 heterocycles. The molecule has 5 aliphatic heterocycles. The molecule has 0 aliphatic carbocycles. The molecule has 4 fully saturated rings. The smallest absolute Gasteiger partial charge is 0.319 e. The maximum atomic E-state index is 17.4. The summed E-state index contributed by atoms with van der Waals surface area (Å²) in [7, 11) is 2.12. The van der Waals surface area contributed by atoms with Crippen LogP contribution < -0.4 is 15.4 Å². The van der Waals surface area contributed by atoms with Crippen LogP contribution in [0.25, 0.3) is 33.0 Å². The number of alkyl halides is 1. The topological polar surface area (TPSA) is 117 Å². The Labute approximate surface area is 275 Å². The Morgan fingerprint density at radius 1 is 1.12 bits per heavy atom. The van der Waals surface area contributed by atoms with E-state index >= 15 is 4.39 Å². The number of likely N-dealkylation sites (N-methyl/N-ethyl adjacent to an activating group) is 1. The second-order valence-electron chi connectivity index (χ2n) is 14.3. The lowest BCUT2D eigenvalue weighted by Crippen LogP contribution is -2.43. The number of aromatic nitrogens is 2. The van der Waals surface area contributed by atoms with E-state index in [2.05, 4.69) is 21.7 Å². The Balaban J connectivity index is 1.26. The number of halogens is 3. The first kappa shape index (κ1) is 30.0. The molecule has 9 rings (SSSR count). The molecule has 250 valence electrons. The van der Waals surface area contributed by atoms with Crippen LogP contribution in [0.5, 0.6) is 6.01 Å². The summed E-state index contributed by atoms with van der Waals surface area (Å²) in [6.45, 7) is 4.38. The Morgan fingerprint density at radius 2 is 1.98 bits per heavy atom. The normalized spacial score (nSPS) is 27.1. The van der Waals surface area contributed by atoms with Gasteiger partial charge in [-0.15, -0.1) is 0 Å². The molecule has 2 bridgehead atoms. The standard InChI is InChI=1S/C35H36F3N7O3/c1-43-8-5-18-9-20(14-43)45(12-18)33-28-24-16-46-15-23(24)26(21-3-4-25(37)31-27(21)22(11-39)32(40)48-31)29(38)30(28)41-34(42-33)47-17-35-6-2-7-44(35)13-19(36)10-35/h3-4,18-20H,2,5-10,12-17,40H2,1H3/t18?,19-,20?,35+/m1/s1. The Morgan fingerprint density at radius 3 is 2.83 bits per heavy atom. The van der Waals surface area contributed by atoms with Crippen molar-refractivity contribution in [1.29, 1.82) is 5.26 Å². The fourth-order valence-electron chi connectivity index (χ4n) is 9.21. The van der Waals surface area contributed by atoms with Gasteiger partial charge in [0.25, 0.3) is 0 Å². The molecule has 0 amide bonds. The van der Waals surface area contributed by atoms with Crippen LogP contribution in [-0.2, 0) is 18.0 Å². The van der Waals surface area contributed by atoms with Crippen LogP contribution in [0.2, 0.25) is 0 Å². The number of hydrogen-bond donors (Lipinski definition) is 1. The van der Waals surface area contributed by atoms with Crippen molar-refractivity contribution in [3.05, 3.63) is 40.5 Å². The van der Waals surface area contributed by atoms with Crippen molar-refractivity contribution in [3.8, 4) is 23.2 Å². The van der Waals surface area contributed by atoms with E-state index in [0.29, 0.717) is 35.7 Å². The Bertz CT molecular complexity index is 2030. The minimum atomic E-state index is -0.919. The number of nitrogens with zero attached hydrogens (tertiary/aromatic N) is 6. The predicted octanol–water partition coefficient (Wildman–Crippen LogP) is 5.29. The van der Waals surface area contributed by atoms with Crippen molar-refractivity contribution in [3.63, 3.8) is 0 Å². The van der Waals surface area contributed by atoms with E-state index in [1.807, 2.05) is 6.07 Å². The maximum absolute atomic E-state index is 17.4. The number of furan rings is 1. The third kappa shape index (κ3) is 4.42. The second-order valence-corrected chi connectivity index (χ2v) is 14.3. The molecule has 10 nitrogen and oxygen atoms in total. The van der Waals surface area contributed by atoms with E-state index in [-0.39, 0.29) is 70.9 Å². The fourth-order valence-corrected chi connectivity index (χ4v) is 9.21. The molecule has 5 aliphatic rings. The number of ether oxygens (including phenoxy) is 2. The van der Waals surface area contributed by atoms with Crippen LogP contribution in [0.15, 0.2) is 16.5 Å². The number of likely N-dealkylation sites (tertiary alicyclic amines) is 1. The number of benzene rings is 2. The number of nitrogens with two attached hydrogens (primary N) is 1. The molecular formula is C35H36F3N7O3. The zero-order valence-electron chi connectivity index (χ0n) is 26.7. The quantitative estimate of drug-likeness (QED) is 0.303. The SMILES string of the molecule is CN1CCC2CC(C1)N(c1nc(OC[C@@]34CCCN3C[C@H](F)C4)nc3c(F)c(-c4ccc(F)c5oc(N)c(C#N)c45)c4c(c13)COC4)C2. The average Bonchev–Trinajstić information content (AvgIpc) is 3.87. The van der Waals surface area contributed by atoms with E-state index in [1.165, 1.54) is 12.1 Å². The van der Waals surface area contributed by atoms with Gasteiger partial charge < -0.3 is 29.4 Å². The van der Waals surface area contributed by atoms with Crippen molar-refractivity contribution in [2.45, 2.75) is 63.1 Å². The minimum absolute atomic E-state index is 0.0342. The first-order valence-corrected chi connectivity index (χ1v) is 16.8. The van der Waals surface area contributed by atoms with Gasteiger partial charge in [-0.3, -0.25) is 4.90 Å². The Hall–Kier alpha value is -4.12. The highest BCUT2D eigenvalue weighted by molar-refractivity contribution is 6.05. The molecule has 4 atom stereocenters. The number of anilines is 2. The van der Waals surface area contributed by atoms with Crippen molar-refractivity contribution >= 4 is 33.6 Å². The summed E-state index contributed by atoms with van der Waals surface area (Å²) in [5.74, 6) is -0.523. The van der Waals surface area contributed by atoms with Gasteiger partial charge in [-0.2, -0.15) is 15.2 Å². The summed E-state index contributed by atoms with van der Waals surface area (Å²) in [6.07, 6.45) is 3.31. The van der Waals surface area contributed by atoms with Crippen LogP contribution in [0.4, 0.5) is 24.9 Å². The van der Waals surface area contributed by atoms with E-state index in [1.54, 1.807) is 0 Å². The second kappa shape index (κ2) is 10.9. The zero-order chi connectivity index (χ0) is 32.9. The highest BCUT2D eigenvalue weighted by Gasteiger charge is 2.49. The van der Waals surface area contributed by atoms with E-state index in [4.69, 9.17) is 29.6 Å². The average molecular weight is 660 g/mol. The molecule has 0 radical (unpaired) electrons. The Kier molecular flexibility index (Phi) is 6.84. The van der Waals surface area contributed by atoms with Crippen molar-refractivity contribution < 1.29 is 27.1 Å². The molecule has 2 aromatic carbocycles. The van der Waals surface area contributed by atoms with Crippen LogP contribution >= 0.6 is 0 Å². The summed E-state index contributed by atoms with van der Waals surface area (Å²) in [5, 5.41) is 10.6. The zero-order valence-corrected chi connectivity index (χ0v) is 26.7. The van der Waals surface area contributed by atoms with Gasteiger partial charge >= 0.3 is 6.01 Å². The van der Waals surface area contributed by atoms with E-state index in [0.717, 1.165) is 57.4 Å². The van der Waals surface area contributed by atoms with Gasteiger partial charge in [-0.1, -0.05) is 6.07 Å². The number of hydrogen-bond acceptors (Lipinski definition) is 10. The number of fused-ring (bicyclic) bond motifs is 7. The molecule has 0 saturated carbocycles. The molecular weight excluding hydrogens is 623 g/mol. The summed E-state index contributed by atoms with van der Waals surface area (Å²) in [6, 6.07) is 4.84. The summed E-state index contributed by atoms with van der Waals surface area (Å²) >= 11 is 0. The largest absolute Gasteiger partial charge is 0.461 e. The minimum Gasteiger partial charge on any atom is -0.461 e. The van der Waals surface area contributed by atoms with Crippen LogP contribution in [0, 0.1) is 28.9 Å². The van der Waals surface area contributed by atoms with Gasteiger partial charge in [0.15, 0.2) is 17.2 Å². The number of rotatable bonds is 5. The van der Waals surface area contributed by atoms with Gasteiger partial charge in [0.05, 0.1) is 29.5 Å². The van der Waals surface area contributed by atoms with Gasteiger partial charge in [-0.05, 0) is 74.5 Å². The van der Waals surface area contributed by atoms with Crippen LogP contribution in [-0.4, -0.2) is 83.9 Å². The summed E-state index contributed by atoms with van der Waals surface area (Å²) in [4.78, 5) is 16.5. The molecule has 2 unspecified atom stereocenters. The molecule has 2 N–H and O–H groups in total.